The molecule has 176 valence electrons. The summed E-state index contributed by atoms with van der Waals surface area (Å²) >= 11 is 6.08. The summed E-state index contributed by atoms with van der Waals surface area (Å²) in [6.45, 7) is 3.18. The van der Waals surface area contributed by atoms with E-state index in [1.54, 1.807) is 18.6 Å². The molecule has 1 aliphatic heterocycles. The van der Waals surface area contributed by atoms with Crippen LogP contribution >= 0.6 is 11.6 Å². The van der Waals surface area contributed by atoms with Crippen molar-refractivity contribution in [3.8, 4) is 5.75 Å². The Balaban J connectivity index is 1.16. The van der Waals surface area contributed by atoms with Crippen LogP contribution in [0.3, 0.4) is 0 Å². The van der Waals surface area contributed by atoms with E-state index < -0.39 is 0 Å². The van der Waals surface area contributed by atoms with Crippen LogP contribution in [-0.2, 0) is 4.74 Å². The Morgan fingerprint density at radius 1 is 1.06 bits per heavy atom. The van der Waals surface area contributed by atoms with Crippen LogP contribution in [0, 0.1) is 0 Å². The maximum absolute atomic E-state index is 6.53. The second-order valence-corrected chi connectivity index (χ2v) is 9.01. The van der Waals surface area contributed by atoms with E-state index in [2.05, 4.69) is 52.5 Å². The highest BCUT2D eigenvalue weighted by Crippen LogP contribution is 2.33. The molecule has 1 aliphatic carbocycles. The number of H-pyrrole nitrogens is 1. The van der Waals surface area contributed by atoms with E-state index in [-0.39, 0.29) is 17.4 Å². The molecule has 0 unspecified atom stereocenters. The van der Waals surface area contributed by atoms with Crippen molar-refractivity contribution in [3.05, 3.63) is 36.0 Å². The number of halogens is 1. The zero-order valence-corrected chi connectivity index (χ0v) is 19.3. The molecule has 1 saturated heterocycles. The van der Waals surface area contributed by atoms with Gasteiger partial charge in [0.25, 0.3) is 0 Å². The van der Waals surface area contributed by atoms with Gasteiger partial charge in [-0.3, -0.25) is 10.1 Å². The quantitative estimate of drug-likeness (QED) is 0.413. The van der Waals surface area contributed by atoms with E-state index in [4.69, 9.17) is 21.1 Å². The lowest BCUT2D eigenvalue weighted by Crippen LogP contribution is -2.36. The summed E-state index contributed by atoms with van der Waals surface area (Å²) in [4.78, 5) is 19.9. The van der Waals surface area contributed by atoms with E-state index in [1.807, 2.05) is 0 Å². The molecule has 3 aromatic heterocycles. The van der Waals surface area contributed by atoms with Gasteiger partial charge in [0.15, 0.2) is 5.65 Å². The van der Waals surface area contributed by atoms with Gasteiger partial charge in [0.2, 0.25) is 5.28 Å². The first-order valence-corrected chi connectivity index (χ1v) is 12.0. The topological polar surface area (TPSA) is 114 Å². The zero-order valence-electron chi connectivity index (χ0n) is 18.6. The number of fused-ring (bicyclic) bond motifs is 2. The minimum absolute atomic E-state index is 0.117. The Labute approximate surface area is 201 Å². The minimum Gasteiger partial charge on any atom is -0.488 e. The number of rotatable bonds is 5. The molecule has 0 radical (unpaired) electrons. The largest absolute Gasteiger partial charge is 0.488 e. The fourth-order valence-electron chi connectivity index (χ4n) is 4.74. The van der Waals surface area contributed by atoms with Gasteiger partial charge >= 0.3 is 0 Å². The molecule has 34 heavy (non-hydrogen) atoms. The highest BCUT2D eigenvalue weighted by molar-refractivity contribution is 6.28. The van der Waals surface area contributed by atoms with Gasteiger partial charge in [0, 0.05) is 43.3 Å². The summed E-state index contributed by atoms with van der Waals surface area (Å²) in [5.41, 5.74) is 3.39. The van der Waals surface area contributed by atoms with Crippen molar-refractivity contribution in [1.82, 2.24) is 30.1 Å². The van der Waals surface area contributed by atoms with Crippen LogP contribution < -0.4 is 15.0 Å². The van der Waals surface area contributed by atoms with E-state index in [1.165, 1.54) is 0 Å². The molecule has 4 heterocycles. The molecule has 2 fully saturated rings. The van der Waals surface area contributed by atoms with Gasteiger partial charge < -0.3 is 19.7 Å². The third kappa shape index (κ3) is 4.30. The SMILES string of the molecule is Clc1nc(NC2CCC(Oc3cc(N4CCOCC4)cc4nccnc34)CC2)c2cn[nH]c2n1. The summed E-state index contributed by atoms with van der Waals surface area (Å²) in [6, 6.07) is 4.47. The molecular formula is C23H25ClN8O2. The Hall–Kier alpha value is -3.24. The summed E-state index contributed by atoms with van der Waals surface area (Å²) in [5, 5.41) is 11.5. The molecule has 0 amide bonds. The van der Waals surface area contributed by atoms with Gasteiger partial charge in [-0.1, -0.05) is 0 Å². The first-order valence-electron chi connectivity index (χ1n) is 11.6. The first-order chi connectivity index (χ1) is 16.7. The summed E-state index contributed by atoms with van der Waals surface area (Å²) in [7, 11) is 0. The number of anilines is 2. The van der Waals surface area contributed by atoms with E-state index >= 15 is 0 Å². The van der Waals surface area contributed by atoms with Crippen LogP contribution in [0.1, 0.15) is 25.7 Å². The minimum atomic E-state index is 0.117. The molecule has 0 bridgehead atoms. The van der Waals surface area contributed by atoms with Gasteiger partial charge in [-0.25, -0.2) is 4.98 Å². The molecule has 6 rings (SSSR count). The number of benzene rings is 1. The molecular weight excluding hydrogens is 456 g/mol. The average molecular weight is 481 g/mol. The van der Waals surface area contributed by atoms with Crippen LogP contribution in [0.4, 0.5) is 11.5 Å². The number of nitrogens with one attached hydrogen (secondary N) is 2. The van der Waals surface area contributed by atoms with Crippen LogP contribution in [0.2, 0.25) is 5.28 Å². The summed E-state index contributed by atoms with van der Waals surface area (Å²) in [6.07, 6.45) is 9.04. The first kappa shape index (κ1) is 21.3. The zero-order chi connectivity index (χ0) is 22.9. The summed E-state index contributed by atoms with van der Waals surface area (Å²) in [5.74, 6) is 1.51. The smallest absolute Gasteiger partial charge is 0.226 e. The lowest BCUT2D eigenvalue weighted by Gasteiger charge is -2.31. The molecule has 1 saturated carbocycles. The van der Waals surface area contributed by atoms with Crippen molar-refractivity contribution in [1.29, 1.82) is 0 Å². The molecule has 4 aromatic rings. The lowest BCUT2D eigenvalue weighted by molar-refractivity contribution is 0.122. The fraction of sp³-hybridized carbons (Fsp3) is 0.435. The van der Waals surface area contributed by atoms with Gasteiger partial charge in [-0.2, -0.15) is 15.1 Å². The highest BCUT2D eigenvalue weighted by Gasteiger charge is 2.25. The Morgan fingerprint density at radius 3 is 2.74 bits per heavy atom. The fourth-order valence-corrected chi connectivity index (χ4v) is 4.91. The third-order valence-electron chi connectivity index (χ3n) is 6.49. The van der Waals surface area contributed by atoms with Crippen LogP contribution in [0.25, 0.3) is 22.1 Å². The molecule has 11 heteroatoms. The number of nitrogens with zero attached hydrogens (tertiary/aromatic N) is 6. The maximum atomic E-state index is 6.53. The molecule has 2 N–H and O–H groups in total. The number of ether oxygens (including phenoxy) is 2. The van der Waals surface area contributed by atoms with Crippen LogP contribution in [0.15, 0.2) is 30.7 Å². The van der Waals surface area contributed by atoms with Crippen LogP contribution in [-0.4, -0.2) is 68.6 Å². The second kappa shape index (κ2) is 9.19. The molecule has 0 spiro atoms. The summed E-state index contributed by atoms with van der Waals surface area (Å²) < 4.78 is 12.0. The van der Waals surface area contributed by atoms with E-state index in [0.29, 0.717) is 11.5 Å². The Morgan fingerprint density at radius 2 is 1.88 bits per heavy atom. The van der Waals surface area contributed by atoms with E-state index in [0.717, 1.165) is 79.8 Å². The molecule has 10 nitrogen and oxygen atoms in total. The third-order valence-corrected chi connectivity index (χ3v) is 6.66. The van der Waals surface area contributed by atoms with Gasteiger partial charge in [-0.05, 0) is 43.4 Å². The number of aromatic amines is 1. The van der Waals surface area contributed by atoms with Crippen molar-refractivity contribution >= 4 is 45.2 Å². The Kier molecular flexibility index (Phi) is 5.76. The predicted molar refractivity (Wildman–Crippen MR) is 130 cm³/mol. The highest BCUT2D eigenvalue weighted by atomic mass is 35.5. The van der Waals surface area contributed by atoms with Crippen molar-refractivity contribution in [2.45, 2.75) is 37.8 Å². The second-order valence-electron chi connectivity index (χ2n) is 8.68. The standard InChI is InChI=1S/C23H25ClN8O2/c24-23-29-21(17-13-27-31-22(17)30-23)28-14-1-3-16(4-2-14)34-19-12-15(32-7-9-33-10-8-32)11-18-20(19)26-6-5-25-18/h5-6,11-14,16H,1-4,7-10H2,(H2,27,28,29,30,31). The van der Waals surface area contributed by atoms with Gasteiger partial charge in [-0.15, -0.1) is 0 Å². The molecule has 2 aliphatic rings. The number of hydrogen-bond acceptors (Lipinski definition) is 9. The molecule has 0 atom stereocenters. The van der Waals surface area contributed by atoms with Crippen LogP contribution in [0.5, 0.6) is 5.75 Å². The maximum Gasteiger partial charge on any atom is 0.226 e. The molecule has 1 aromatic carbocycles. The number of morpholine rings is 1. The van der Waals surface area contributed by atoms with E-state index in [9.17, 15) is 0 Å². The average Bonchev–Trinajstić information content (AvgIpc) is 3.34. The normalized spacial score (nSPS) is 21.1. The van der Waals surface area contributed by atoms with Crippen molar-refractivity contribution < 1.29 is 9.47 Å². The monoisotopic (exact) mass is 480 g/mol. The van der Waals surface area contributed by atoms with Crippen molar-refractivity contribution in [3.63, 3.8) is 0 Å². The lowest BCUT2D eigenvalue weighted by atomic mass is 9.93. The van der Waals surface area contributed by atoms with Gasteiger partial charge in [0.05, 0.1) is 36.4 Å². The van der Waals surface area contributed by atoms with Crippen molar-refractivity contribution in [2.24, 2.45) is 0 Å². The number of hydrogen-bond donors (Lipinski definition) is 2. The number of aromatic nitrogens is 6. The van der Waals surface area contributed by atoms with Gasteiger partial charge in [0.1, 0.15) is 17.1 Å². The Bertz CT molecular complexity index is 1300. The van der Waals surface area contributed by atoms with Crippen molar-refractivity contribution in [2.75, 3.05) is 36.5 Å². The predicted octanol–water partition coefficient (Wildman–Crippen LogP) is 3.59.